The van der Waals surface area contributed by atoms with Gasteiger partial charge in [-0.25, -0.2) is 14.4 Å². The lowest BCUT2D eigenvalue weighted by Gasteiger charge is -2.26. The summed E-state index contributed by atoms with van der Waals surface area (Å²) < 4.78 is 10.3. The number of benzene rings is 1. The van der Waals surface area contributed by atoms with Crippen molar-refractivity contribution in [3.63, 3.8) is 0 Å². The van der Waals surface area contributed by atoms with Crippen molar-refractivity contribution < 1.29 is 23.9 Å². The summed E-state index contributed by atoms with van der Waals surface area (Å²) in [5, 5.41) is 5.94. The minimum absolute atomic E-state index is 0.230. The normalized spacial score (nSPS) is 12.7. The molecule has 0 bridgehead atoms. The first-order valence-electron chi connectivity index (χ1n) is 9.80. The second kappa shape index (κ2) is 9.62. The Morgan fingerprint density at radius 3 is 2.43 bits per heavy atom. The topological polar surface area (TPSA) is 97.0 Å². The van der Waals surface area contributed by atoms with E-state index in [0.29, 0.717) is 42.4 Å². The Bertz CT molecular complexity index is 939. The molecule has 0 spiro atoms. The van der Waals surface area contributed by atoms with Crippen LogP contribution in [0.25, 0.3) is 0 Å². The van der Waals surface area contributed by atoms with Gasteiger partial charge in [-0.2, -0.15) is 0 Å². The van der Waals surface area contributed by atoms with Gasteiger partial charge in [0.2, 0.25) is 0 Å². The van der Waals surface area contributed by atoms with Crippen LogP contribution in [-0.4, -0.2) is 42.8 Å². The number of hydrogen-bond donors (Lipinski definition) is 2. The maximum absolute atomic E-state index is 12.6. The molecular formula is C21H25N3O5S. The standard InChI is InChI=1S/C21H25N3O5S/c1-4-28-19(25)17-15-10-11-24(21(27)29-5-2)12-16(15)30-18(17)23-20(26)22-14-8-6-13(3)7-9-14/h6-9H,4-5,10-12H2,1-3H3,(H2,22,23,26). The Labute approximate surface area is 179 Å². The third kappa shape index (κ3) is 4.91. The molecule has 0 atom stereocenters. The SMILES string of the molecule is CCOC(=O)c1c(NC(=O)Nc2ccc(C)cc2)sc2c1CCN(C(=O)OCC)C2. The van der Waals surface area contributed by atoms with Gasteiger partial charge in [0.25, 0.3) is 0 Å². The van der Waals surface area contributed by atoms with Crippen molar-refractivity contribution in [1.82, 2.24) is 4.90 Å². The average molecular weight is 432 g/mol. The molecule has 3 rings (SSSR count). The maximum atomic E-state index is 12.6. The first kappa shape index (κ1) is 21.6. The summed E-state index contributed by atoms with van der Waals surface area (Å²) in [4.78, 5) is 39.6. The highest BCUT2D eigenvalue weighted by Crippen LogP contribution is 2.38. The summed E-state index contributed by atoms with van der Waals surface area (Å²) in [5.41, 5.74) is 2.90. The van der Waals surface area contributed by atoms with E-state index in [1.807, 2.05) is 19.1 Å². The number of rotatable bonds is 5. The summed E-state index contributed by atoms with van der Waals surface area (Å²) in [6.07, 6.45) is 0.0981. The van der Waals surface area contributed by atoms with Crippen molar-refractivity contribution in [3.8, 4) is 0 Å². The second-order valence-electron chi connectivity index (χ2n) is 6.74. The van der Waals surface area contributed by atoms with Crippen molar-refractivity contribution in [3.05, 3.63) is 45.8 Å². The molecule has 0 fully saturated rings. The zero-order valence-electron chi connectivity index (χ0n) is 17.2. The van der Waals surface area contributed by atoms with E-state index in [-0.39, 0.29) is 12.7 Å². The number of carbonyl (C=O) groups is 3. The molecule has 2 aromatic rings. The number of fused-ring (bicyclic) bond motifs is 1. The summed E-state index contributed by atoms with van der Waals surface area (Å²) in [6, 6.07) is 6.95. The molecule has 9 heteroatoms. The number of ether oxygens (including phenoxy) is 2. The van der Waals surface area contributed by atoms with Crippen molar-refractivity contribution in [2.75, 3.05) is 30.4 Å². The van der Waals surface area contributed by atoms with E-state index in [1.54, 1.807) is 30.9 Å². The molecule has 0 aliphatic carbocycles. The fraction of sp³-hybridized carbons (Fsp3) is 0.381. The first-order valence-corrected chi connectivity index (χ1v) is 10.6. The largest absolute Gasteiger partial charge is 0.462 e. The van der Waals surface area contributed by atoms with Crippen LogP contribution in [0.15, 0.2) is 24.3 Å². The molecule has 8 nitrogen and oxygen atoms in total. The fourth-order valence-electron chi connectivity index (χ4n) is 3.18. The Kier molecular flexibility index (Phi) is 6.94. The molecule has 0 unspecified atom stereocenters. The van der Waals surface area contributed by atoms with Crippen LogP contribution >= 0.6 is 11.3 Å². The van der Waals surface area contributed by atoms with Crippen LogP contribution in [0.4, 0.5) is 20.3 Å². The van der Waals surface area contributed by atoms with Crippen LogP contribution < -0.4 is 10.6 Å². The van der Waals surface area contributed by atoms with Crippen molar-refractivity contribution >= 4 is 40.1 Å². The highest BCUT2D eigenvalue weighted by Gasteiger charge is 2.31. The molecule has 2 N–H and O–H groups in total. The van der Waals surface area contributed by atoms with Gasteiger partial charge in [0.1, 0.15) is 5.00 Å². The van der Waals surface area contributed by atoms with E-state index in [9.17, 15) is 14.4 Å². The quantitative estimate of drug-likeness (QED) is 0.685. The molecule has 3 amide bonds. The smallest absolute Gasteiger partial charge is 0.410 e. The third-order valence-corrected chi connectivity index (χ3v) is 5.73. The first-order chi connectivity index (χ1) is 14.4. The van der Waals surface area contributed by atoms with Crippen LogP contribution in [0.1, 0.15) is 40.2 Å². The molecule has 160 valence electrons. The number of carbonyl (C=O) groups excluding carboxylic acids is 3. The molecule has 30 heavy (non-hydrogen) atoms. The molecule has 0 radical (unpaired) electrons. The van der Waals surface area contributed by atoms with Gasteiger partial charge in [0, 0.05) is 17.1 Å². The predicted molar refractivity (Wildman–Crippen MR) is 115 cm³/mol. The van der Waals surface area contributed by atoms with Crippen molar-refractivity contribution in [1.29, 1.82) is 0 Å². The van der Waals surface area contributed by atoms with Gasteiger partial charge in [-0.05, 0) is 44.9 Å². The summed E-state index contributed by atoms with van der Waals surface area (Å²) >= 11 is 1.27. The number of aryl methyl sites for hydroxylation is 1. The van der Waals surface area contributed by atoms with Crippen LogP contribution in [0, 0.1) is 6.92 Å². The summed E-state index contributed by atoms with van der Waals surface area (Å²) in [5.74, 6) is -0.481. The zero-order valence-corrected chi connectivity index (χ0v) is 18.1. The van der Waals surface area contributed by atoms with Gasteiger partial charge in [0.05, 0.1) is 25.3 Å². The molecular weight excluding hydrogens is 406 g/mol. The van der Waals surface area contributed by atoms with E-state index in [2.05, 4.69) is 10.6 Å². The molecule has 2 heterocycles. The number of hydrogen-bond acceptors (Lipinski definition) is 6. The number of amides is 3. The lowest BCUT2D eigenvalue weighted by atomic mass is 10.0. The Hall–Kier alpha value is -3.07. The Balaban J connectivity index is 1.82. The highest BCUT2D eigenvalue weighted by atomic mass is 32.1. The molecule has 0 saturated heterocycles. The predicted octanol–water partition coefficient (Wildman–Crippen LogP) is 4.39. The lowest BCUT2D eigenvalue weighted by molar-refractivity contribution is 0.0526. The van der Waals surface area contributed by atoms with E-state index in [4.69, 9.17) is 9.47 Å². The Morgan fingerprint density at radius 1 is 1.07 bits per heavy atom. The van der Waals surface area contributed by atoms with Gasteiger partial charge in [-0.3, -0.25) is 5.32 Å². The van der Waals surface area contributed by atoms with E-state index in [0.717, 1.165) is 16.0 Å². The van der Waals surface area contributed by atoms with Gasteiger partial charge < -0.3 is 19.7 Å². The minimum atomic E-state index is -0.481. The van der Waals surface area contributed by atoms with Crippen LogP contribution in [0.2, 0.25) is 0 Å². The van der Waals surface area contributed by atoms with Crippen LogP contribution in [0.3, 0.4) is 0 Å². The second-order valence-corrected chi connectivity index (χ2v) is 7.85. The number of anilines is 2. The fourth-order valence-corrected chi connectivity index (χ4v) is 4.43. The average Bonchev–Trinajstić information content (AvgIpc) is 3.06. The monoisotopic (exact) mass is 431 g/mol. The molecule has 1 aromatic carbocycles. The zero-order chi connectivity index (χ0) is 21.7. The summed E-state index contributed by atoms with van der Waals surface area (Å²) in [6.45, 7) is 6.74. The van der Waals surface area contributed by atoms with Gasteiger partial charge in [-0.1, -0.05) is 17.7 Å². The maximum Gasteiger partial charge on any atom is 0.410 e. The van der Waals surface area contributed by atoms with Gasteiger partial charge in [-0.15, -0.1) is 11.3 Å². The van der Waals surface area contributed by atoms with Gasteiger partial charge in [0.15, 0.2) is 0 Å². The third-order valence-electron chi connectivity index (χ3n) is 4.60. The van der Waals surface area contributed by atoms with E-state index >= 15 is 0 Å². The summed E-state index contributed by atoms with van der Waals surface area (Å²) in [7, 11) is 0. The van der Waals surface area contributed by atoms with E-state index < -0.39 is 12.0 Å². The molecule has 0 saturated carbocycles. The Morgan fingerprint density at radius 2 is 1.77 bits per heavy atom. The van der Waals surface area contributed by atoms with E-state index in [1.165, 1.54) is 11.3 Å². The highest BCUT2D eigenvalue weighted by molar-refractivity contribution is 7.17. The number of nitrogens with zero attached hydrogens (tertiary/aromatic N) is 1. The molecule has 1 aliphatic rings. The number of nitrogens with one attached hydrogen (secondary N) is 2. The van der Waals surface area contributed by atoms with Crippen LogP contribution in [-0.2, 0) is 22.4 Å². The minimum Gasteiger partial charge on any atom is -0.462 e. The van der Waals surface area contributed by atoms with Crippen LogP contribution in [0.5, 0.6) is 0 Å². The number of esters is 1. The van der Waals surface area contributed by atoms with Gasteiger partial charge >= 0.3 is 18.1 Å². The molecule has 1 aliphatic heterocycles. The van der Waals surface area contributed by atoms with Crippen molar-refractivity contribution in [2.45, 2.75) is 33.7 Å². The number of urea groups is 1. The lowest BCUT2D eigenvalue weighted by Crippen LogP contribution is -2.36. The molecule has 1 aromatic heterocycles. The van der Waals surface area contributed by atoms with Crippen molar-refractivity contribution in [2.24, 2.45) is 0 Å². The number of thiophene rings is 1.